The summed E-state index contributed by atoms with van der Waals surface area (Å²) in [6.07, 6.45) is 2.06. The molecule has 0 fully saturated rings. The molecule has 2 heterocycles. The van der Waals surface area contributed by atoms with Gasteiger partial charge in [-0.05, 0) is 48.9 Å². The zero-order valence-electron chi connectivity index (χ0n) is 16.8. The van der Waals surface area contributed by atoms with Gasteiger partial charge in [0, 0.05) is 33.3 Å². The molecule has 1 aliphatic carbocycles. The summed E-state index contributed by atoms with van der Waals surface area (Å²) in [6.45, 7) is 1.90. The van der Waals surface area contributed by atoms with Crippen molar-refractivity contribution in [3.63, 3.8) is 0 Å². The molecule has 31 heavy (non-hydrogen) atoms. The van der Waals surface area contributed by atoms with Crippen LogP contribution in [0.5, 0.6) is 0 Å². The first-order valence-corrected chi connectivity index (χ1v) is 12.1. The largest absolute Gasteiger partial charge is 0.352 e. The van der Waals surface area contributed by atoms with Gasteiger partial charge in [0.25, 0.3) is 0 Å². The van der Waals surface area contributed by atoms with Crippen LogP contribution in [0.2, 0.25) is 5.02 Å². The van der Waals surface area contributed by atoms with Gasteiger partial charge in [-0.1, -0.05) is 35.5 Å². The Labute approximate surface area is 194 Å². The second-order valence-electron chi connectivity index (χ2n) is 7.39. The van der Waals surface area contributed by atoms with Crippen molar-refractivity contribution in [1.29, 1.82) is 5.26 Å². The second-order valence-corrected chi connectivity index (χ2v) is 9.79. The zero-order valence-corrected chi connectivity index (χ0v) is 19.2. The number of rotatable bonds is 5. The summed E-state index contributed by atoms with van der Waals surface area (Å²) in [6, 6.07) is 11.5. The lowest BCUT2D eigenvalue weighted by atomic mass is 9.79. The number of dihydropyridines is 1. The summed E-state index contributed by atoms with van der Waals surface area (Å²) in [5, 5.41) is 19.3. The molecule has 0 spiro atoms. The van der Waals surface area contributed by atoms with Gasteiger partial charge < -0.3 is 10.6 Å². The molecule has 1 aliphatic heterocycles. The highest BCUT2D eigenvalue weighted by atomic mass is 35.5. The van der Waals surface area contributed by atoms with Crippen molar-refractivity contribution in [2.75, 3.05) is 11.1 Å². The minimum Gasteiger partial charge on any atom is -0.352 e. The first-order valence-electron chi connectivity index (χ1n) is 9.87. The highest BCUT2D eigenvalue weighted by Crippen LogP contribution is 2.45. The number of hydrogen-bond acceptors (Lipinski definition) is 6. The number of thiophene rings is 1. The molecular formula is C23H20ClN3O2S2. The van der Waals surface area contributed by atoms with Crippen LogP contribution in [0.15, 0.2) is 57.6 Å². The number of ketones is 1. The normalized spacial score (nSPS) is 18.4. The van der Waals surface area contributed by atoms with E-state index in [1.807, 2.05) is 30.5 Å². The van der Waals surface area contributed by atoms with Crippen LogP contribution in [-0.2, 0) is 9.59 Å². The van der Waals surface area contributed by atoms with E-state index in [1.165, 1.54) is 23.1 Å². The number of amides is 1. The number of carbonyl (C=O) groups excluding carboxylic acids is 2. The molecule has 0 unspecified atom stereocenters. The molecule has 2 aromatic rings. The van der Waals surface area contributed by atoms with E-state index < -0.39 is 0 Å². The van der Waals surface area contributed by atoms with Crippen LogP contribution in [0.1, 0.15) is 35.6 Å². The maximum Gasteiger partial charge on any atom is 0.234 e. The van der Waals surface area contributed by atoms with E-state index in [0.29, 0.717) is 33.3 Å². The van der Waals surface area contributed by atoms with Crippen LogP contribution >= 0.6 is 34.7 Å². The van der Waals surface area contributed by atoms with Gasteiger partial charge in [-0.3, -0.25) is 9.59 Å². The summed E-state index contributed by atoms with van der Waals surface area (Å²) in [7, 11) is 0. The molecule has 1 aromatic carbocycles. The monoisotopic (exact) mass is 469 g/mol. The summed E-state index contributed by atoms with van der Waals surface area (Å²) in [4.78, 5) is 26.3. The summed E-state index contributed by atoms with van der Waals surface area (Å²) >= 11 is 8.86. The first kappa shape index (κ1) is 21.7. The maximum absolute atomic E-state index is 12.7. The molecule has 1 aromatic heterocycles. The van der Waals surface area contributed by atoms with Crippen LogP contribution in [0.3, 0.4) is 0 Å². The Morgan fingerprint density at radius 2 is 2.23 bits per heavy atom. The molecule has 0 saturated heterocycles. The zero-order chi connectivity index (χ0) is 22.0. The van der Waals surface area contributed by atoms with Crippen molar-refractivity contribution >= 4 is 52.1 Å². The quantitative estimate of drug-likeness (QED) is 0.603. The minimum absolute atomic E-state index is 0.0955. The number of carbonyl (C=O) groups is 2. The molecule has 4 rings (SSSR count). The standard InChI is InChI=1S/C23H20ClN3O2S2/c1-13-7-8-14(24)10-17(13)26-20(29)12-31-23-15(11-25)21(19-6-3-9-30-19)22-16(27-23)4-2-5-18(22)28/h3,6-10,21,27H,2,4-5,12H2,1H3,(H,26,29)/t21-/m1/s1. The van der Waals surface area contributed by atoms with Gasteiger partial charge in [-0.2, -0.15) is 5.26 Å². The average Bonchev–Trinajstić information content (AvgIpc) is 3.28. The van der Waals surface area contributed by atoms with E-state index in [0.717, 1.165) is 29.0 Å². The van der Waals surface area contributed by atoms with Gasteiger partial charge in [-0.25, -0.2) is 0 Å². The predicted molar refractivity (Wildman–Crippen MR) is 126 cm³/mol. The molecule has 8 heteroatoms. The molecule has 158 valence electrons. The van der Waals surface area contributed by atoms with Crippen LogP contribution in [0.25, 0.3) is 0 Å². The van der Waals surface area contributed by atoms with Crippen molar-refractivity contribution in [1.82, 2.24) is 5.32 Å². The van der Waals surface area contributed by atoms with Gasteiger partial charge in [0.15, 0.2) is 5.78 Å². The highest BCUT2D eigenvalue weighted by molar-refractivity contribution is 8.03. The predicted octanol–water partition coefficient (Wildman–Crippen LogP) is 5.51. The lowest BCUT2D eigenvalue weighted by Crippen LogP contribution is -2.31. The first-order chi connectivity index (χ1) is 15.0. The Morgan fingerprint density at radius 1 is 1.39 bits per heavy atom. The van der Waals surface area contributed by atoms with Crippen LogP contribution in [0, 0.1) is 18.3 Å². The summed E-state index contributed by atoms with van der Waals surface area (Å²) in [5.74, 6) is -0.324. The van der Waals surface area contributed by atoms with Gasteiger partial charge in [0.2, 0.25) is 5.91 Å². The number of aryl methyl sites for hydroxylation is 1. The molecule has 2 aliphatic rings. The van der Waals surface area contributed by atoms with Crippen molar-refractivity contribution in [2.24, 2.45) is 0 Å². The van der Waals surface area contributed by atoms with Crippen molar-refractivity contribution in [2.45, 2.75) is 32.1 Å². The van der Waals surface area contributed by atoms with Crippen LogP contribution < -0.4 is 10.6 Å². The van der Waals surface area contributed by atoms with Crippen LogP contribution in [-0.4, -0.2) is 17.4 Å². The van der Waals surface area contributed by atoms with Crippen molar-refractivity contribution in [3.8, 4) is 6.07 Å². The highest BCUT2D eigenvalue weighted by Gasteiger charge is 2.37. The third-order valence-corrected chi connectivity index (χ3v) is 7.50. The van der Waals surface area contributed by atoms with Crippen molar-refractivity contribution in [3.05, 3.63) is 73.0 Å². The molecule has 1 atom stereocenters. The van der Waals surface area contributed by atoms with E-state index >= 15 is 0 Å². The number of nitriles is 1. The van der Waals surface area contributed by atoms with Gasteiger partial charge in [0.05, 0.1) is 28.3 Å². The fraction of sp³-hybridized carbons (Fsp3) is 0.261. The number of benzene rings is 1. The fourth-order valence-electron chi connectivity index (χ4n) is 3.83. The van der Waals surface area contributed by atoms with Crippen LogP contribution in [0.4, 0.5) is 5.69 Å². The number of hydrogen-bond donors (Lipinski definition) is 2. The Bertz CT molecular complexity index is 1150. The Hall–Kier alpha value is -2.53. The Morgan fingerprint density at radius 3 is 2.97 bits per heavy atom. The number of nitrogens with zero attached hydrogens (tertiary/aromatic N) is 1. The van der Waals surface area contributed by atoms with Gasteiger partial charge >= 0.3 is 0 Å². The fourth-order valence-corrected chi connectivity index (χ4v) is 5.71. The Kier molecular flexibility index (Phi) is 6.51. The number of Topliss-reactive ketones (excluding diaryl/α,β-unsaturated/α-hetero) is 1. The number of anilines is 1. The molecule has 0 bridgehead atoms. The smallest absolute Gasteiger partial charge is 0.234 e. The third-order valence-electron chi connectivity index (χ3n) is 5.31. The number of halogens is 1. The molecule has 0 saturated carbocycles. The van der Waals surface area contributed by atoms with E-state index in [9.17, 15) is 14.9 Å². The van der Waals surface area contributed by atoms with E-state index in [1.54, 1.807) is 12.1 Å². The van der Waals surface area contributed by atoms with Crippen molar-refractivity contribution < 1.29 is 9.59 Å². The maximum atomic E-state index is 12.7. The molecule has 1 amide bonds. The Balaban J connectivity index is 1.58. The lowest BCUT2D eigenvalue weighted by Gasteiger charge is -2.32. The summed E-state index contributed by atoms with van der Waals surface area (Å²) in [5.41, 5.74) is 3.66. The molecular weight excluding hydrogens is 450 g/mol. The third kappa shape index (κ3) is 4.57. The molecule has 5 nitrogen and oxygen atoms in total. The number of allylic oxidation sites excluding steroid dienone is 3. The SMILES string of the molecule is Cc1ccc(Cl)cc1NC(=O)CSC1=C(C#N)[C@H](c2cccs2)C2=C(CCCC2=O)N1. The van der Waals surface area contributed by atoms with Gasteiger partial charge in [0.1, 0.15) is 0 Å². The lowest BCUT2D eigenvalue weighted by molar-refractivity contribution is -0.116. The van der Waals surface area contributed by atoms with E-state index in [2.05, 4.69) is 16.7 Å². The number of thioether (sulfide) groups is 1. The average molecular weight is 470 g/mol. The molecule has 2 N–H and O–H groups in total. The minimum atomic E-state index is -0.366. The van der Waals surface area contributed by atoms with Gasteiger partial charge in [-0.15, -0.1) is 11.3 Å². The topological polar surface area (TPSA) is 82.0 Å². The van der Waals surface area contributed by atoms with E-state index in [4.69, 9.17) is 11.6 Å². The molecule has 0 radical (unpaired) electrons. The summed E-state index contributed by atoms with van der Waals surface area (Å²) < 4.78 is 0. The number of nitrogens with one attached hydrogen (secondary N) is 2. The van der Waals surface area contributed by atoms with E-state index in [-0.39, 0.29) is 23.4 Å². The second kappa shape index (κ2) is 9.31.